The molecule has 0 aromatic heterocycles. The highest BCUT2D eigenvalue weighted by Gasteiger charge is 2.10. The molecule has 0 aliphatic heterocycles. The summed E-state index contributed by atoms with van der Waals surface area (Å²) in [6.45, 7) is -0.135. The molecule has 112 valence electrons. The molecule has 1 aromatic rings. The van der Waals surface area contributed by atoms with E-state index in [9.17, 15) is 13.2 Å². The zero-order valence-corrected chi connectivity index (χ0v) is 12.1. The Balaban J connectivity index is 2.66. The van der Waals surface area contributed by atoms with Gasteiger partial charge in [0.25, 0.3) is 0 Å². The van der Waals surface area contributed by atoms with E-state index in [2.05, 4.69) is 9.46 Å². The summed E-state index contributed by atoms with van der Waals surface area (Å²) in [5, 5.41) is 0. The van der Waals surface area contributed by atoms with Crippen molar-refractivity contribution in [1.82, 2.24) is 0 Å². The molecule has 0 aliphatic rings. The molecule has 0 amide bonds. The van der Waals surface area contributed by atoms with Crippen molar-refractivity contribution in [1.29, 1.82) is 0 Å². The fraction of sp³-hybridized carbons (Fsp3) is 0.417. The lowest BCUT2D eigenvalue weighted by molar-refractivity contribution is -0.142. The van der Waals surface area contributed by atoms with Crippen LogP contribution in [0.3, 0.4) is 0 Å². The van der Waals surface area contributed by atoms with Crippen LogP contribution in [-0.4, -0.2) is 47.6 Å². The molecule has 1 N–H and O–H groups in total. The van der Waals surface area contributed by atoms with Gasteiger partial charge in [-0.25, -0.2) is 13.2 Å². The first-order valence-corrected chi connectivity index (χ1v) is 7.41. The molecule has 20 heavy (non-hydrogen) atoms. The van der Waals surface area contributed by atoms with E-state index in [1.807, 2.05) is 0 Å². The lowest BCUT2D eigenvalue weighted by atomic mass is 10.3. The fourth-order valence-corrected chi connectivity index (χ4v) is 2.25. The Kier molecular flexibility index (Phi) is 6.26. The van der Waals surface area contributed by atoms with Crippen molar-refractivity contribution >= 4 is 21.7 Å². The Morgan fingerprint density at radius 3 is 2.70 bits per heavy atom. The fourth-order valence-electron chi connectivity index (χ4n) is 1.27. The van der Waals surface area contributed by atoms with Crippen LogP contribution < -0.4 is 9.46 Å². The van der Waals surface area contributed by atoms with Crippen LogP contribution in [-0.2, 0) is 24.3 Å². The van der Waals surface area contributed by atoms with E-state index in [1.54, 1.807) is 18.2 Å². The molecule has 0 saturated carbocycles. The van der Waals surface area contributed by atoms with Gasteiger partial charge in [-0.3, -0.25) is 4.72 Å². The molecule has 0 radical (unpaired) electrons. The van der Waals surface area contributed by atoms with Gasteiger partial charge in [0.2, 0.25) is 10.0 Å². The van der Waals surface area contributed by atoms with Crippen LogP contribution >= 0.6 is 0 Å². The number of methoxy groups -OCH3 is 2. The maximum Gasteiger partial charge on any atom is 0.343 e. The minimum Gasteiger partial charge on any atom is -0.482 e. The molecule has 0 spiro atoms. The van der Waals surface area contributed by atoms with Gasteiger partial charge in [0, 0.05) is 13.2 Å². The molecule has 0 aliphatic carbocycles. The highest BCUT2D eigenvalue weighted by molar-refractivity contribution is 7.92. The van der Waals surface area contributed by atoms with Gasteiger partial charge in [-0.1, -0.05) is 6.07 Å². The third-order valence-electron chi connectivity index (χ3n) is 2.25. The van der Waals surface area contributed by atoms with Gasteiger partial charge in [0.15, 0.2) is 6.61 Å². The van der Waals surface area contributed by atoms with Gasteiger partial charge in [-0.15, -0.1) is 0 Å². The van der Waals surface area contributed by atoms with E-state index in [0.717, 1.165) is 0 Å². The number of ether oxygens (including phenoxy) is 3. The first-order valence-electron chi connectivity index (χ1n) is 5.76. The van der Waals surface area contributed by atoms with Crippen LogP contribution in [0.25, 0.3) is 0 Å². The van der Waals surface area contributed by atoms with Crippen molar-refractivity contribution in [2.24, 2.45) is 0 Å². The largest absolute Gasteiger partial charge is 0.482 e. The Hall–Kier alpha value is -1.80. The average Bonchev–Trinajstić information content (AvgIpc) is 2.42. The van der Waals surface area contributed by atoms with Gasteiger partial charge in [0.05, 0.1) is 25.2 Å². The third kappa shape index (κ3) is 5.89. The van der Waals surface area contributed by atoms with Crippen LogP contribution in [0.4, 0.5) is 5.69 Å². The standard InChI is InChI=1S/C12H17NO6S/c1-17-6-7-20(15,16)13-10-4-3-5-11(8-10)19-9-12(14)18-2/h3-5,8,13H,6-7,9H2,1-2H3. The predicted molar refractivity (Wildman–Crippen MR) is 73.2 cm³/mol. The van der Waals surface area contributed by atoms with Crippen LogP contribution in [0.5, 0.6) is 5.75 Å². The highest BCUT2D eigenvalue weighted by atomic mass is 32.2. The van der Waals surface area contributed by atoms with Crippen molar-refractivity contribution < 1.29 is 27.4 Å². The average molecular weight is 303 g/mol. The van der Waals surface area contributed by atoms with Gasteiger partial charge in [-0.05, 0) is 12.1 Å². The van der Waals surface area contributed by atoms with Crippen molar-refractivity contribution in [3.63, 3.8) is 0 Å². The highest BCUT2D eigenvalue weighted by Crippen LogP contribution is 2.18. The first-order chi connectivity index (χ1) is 9.46. The van der Waals surface area contributed by atoms with E-state index < -0.39 is 16.0 Å². The van der Waals surface area contributed by atoms with Crippen molar-refractivity contribution in [2.45, 2.75) is 0 Å². The molecule has 0 unspecified atom stereocenters. The van der Waals surface area contributed by atoms with Gasteiger partial charge < -0.3 is 14.2 Å². The zero-order valence-electron chi connectivity index (χ0n) is 11.3. The summed E-state index contributed by atoms with van der Waals surface area (Å²) in [6, 6.07) is 6.28. The quantitative estimate of drug-likeness (QED) is 0.708. The SMILES string of the molecule is COCCS(=O)(=O)Nc1cccc(OCC(=O)OC)c1. The number of rotatable bonds is 8. The molecule has 0 heterocycles. The zero-order chi connectivity index (χ0) is 15.0. The minimum absolute atomic E-state index is 0.105. The van der Waals surface area contributed by atoms with E-state index >= 15 is 0 Å². The maximum absolute atomic E-state index is 11.7. The molecule has 7 nitrogen and oxygen atoms in total. The lowest BCUT2D eigenvalue weighted by Gasteiger charge is -2.09. The molecular formula is C12H17NO6S. The van der Waals surface area contributed by atoms with Gasteiger partial charge in [-0.2, -0.15) is 0 Å². The van der Waals surface area contributed by atoms with Crippen molar-refractivity contribution in [3.8, 4) is 5.75 Å². The maximum atomic E-state index is 11.7. The second kappa shape index (κ2) is 7.71. The van der Waals surface area contributed by atoms with Crippen molar-refractivity contribution in [2.75, 3.05) is 37.9 Å². The third-order valence-corrected chi connectivity index (χ3v) is 3.50. The molecule has 1 rings (SSSR count). The second-order valence-electron chi connectivity index (χ2n) is 3.81. The summed E-state index contributed by atoms with van der Waals surface area (Å²) in [7, 11) is -0.788. The summed E-state index contributed by atoms with van der Waals surface area (Å²) in [5.41, 5.74) is 0.350. The number of sulfonamides is 1. The van der Waals surface area contributed by atoms with Crippen LogP contribution in [0.1, 0.15) is 0 Å². The van der Waals surface area contributed by atoms with Crippen LogP contribution in [0, 0.1) is 0 Å². The summed E-state index contributed by atoms with van der Waals surface area (Å²) >= 11 is 0. The van der Waals surface area contributed by atoms with E-state index in [4.69, 9.17) is 9.47 Å². The topological polar surface area (TPSA) is 90.9 Å². The number of nitrogens with one attached hydrogen (secondary N) is 1. The Morgan fingerprint density at radius 1 is 1.30 bits per heavy atom. The number of carbonyl (C=O) groups is 1. The number of benzene rings is 1. The number of carbonyl (C=O) groups excluding carboxylic acids is 1. The Labute approximate surface area is 117 Å². The van der Waals surface area contributed by atoms with E-state index in [0.29, 0.717) is 11.4 Å². The number of hydrogen-bond acceptors (Lipinski definition) is 6. The van der Waals surface area contributed by atoms with E-state index in [-0.39, 0.29) is 19.0 Å². The van der Waals surface area contributed by atoms with Crippen LogP contribution in [0.2, 0.25) is 0 Å². The first kappa shape index (κ1) is 16.3. The molecule has 8 heteroatoms. The Morgan fingerprint density at radius 2 is 2.05 bits per heavy atom. The monoisotopic (exact) mass is 303 g/mol. The van der Waals surface area contributed by atoms with Gasteiger partial charge >= 0.3 is 5.97 Å². The van der Waals surface area contributed by atoms with E-state index in [1.165, 1.54) is 20.3 Å². The number of anilines is 1. The van der Waals surface area contributed by atoms with Crippen molar-refractivity contribution in [3.05, 3.63) is 24.3 Å². The lowest BCUT2D eigenvalue weighted by Crippen LogP contribution is -2.19. The summed E-state index contributed by atoms with van der Waals surface area (Å²) < 4.78 is 40.1. The minimum atomic E-state index is -3.47. The molecular weight excluding hydrogens is 286 g/mol. The Bertz CT molecular complexity index is 543. The summed E-state index contributed by atoms with van der Waals surface area (Å²) in [6.07, 6.45) is 0. The van der Waals surface area contributed by atoms with Crippen LogP contribution in [0.15, 0.2) is 24.3 Å². The predicted octanol–water partition coefficient (Wildman–Crippen LogP) is 0.626. The molecule has 0 saturated heterocycles. The number of esters is 1. The normalized spacial score (nSPS) is 10.9. The van der Waals surface area contributed by atoms with Gasteiger partial charge in [0.1, 0.15) is 5.75 Å². The molecule has 0 atom stereocenters. The smallest absolute Gasteiger partial charge is 0.343 e. The second-order valence-corrected chi connectivity index (χ2v) is 5.65. The number of hydrogen-bond donors (Lipinski definition) is 1. The molecule has 0 bridgehead atoms. The molecule has 1 aromatic carbocycles. The summed E-state index contributed by atoms with van der Waals surface area (Å²) in [4.78, 5) is 10.9. The summed E-state index contributed by atoms with van der Waals surface area (Å²) in [5.74, 6) is -0.296. The molecule has 0 fully saturated rings.